The van der Waals surface area contributed by atoms with Crippen LogP contribution in [-0.2, 0) is 40.7 Å². The molecule has 21 heteroatoms. The van der Waals surface area contributed by atoms with E-state index in [-0.39, 0.29) is 66.9 Å². The topological polar surface area (TPSA) is 214 Å². The molecule has 70 heavy (non-hydrogen) atoms. The van der Waals surface area contributed by atoms with Crippen molar-refractivity contribution >= 4 is 92.0 Å². The molecule has 4 heterocycles. The summed E-state index contributed by atoms with van der Waals surface area (Å²) in [5.41, 5.74) is -3.85. The van der Waals surface area contributed by atoms with E-state index in [2.05, 4.69) is 38.4 Å². The van der Waals surface area contributed by atoms with E-state index in [1.807, 2.05) is 6.07 Å². The number of halogens is 3. The molecule has 0 aliphatic carbocycles. The average Bonchev–Trinajstić information content (AvgIpc) is 4.05. The van der Waals surface area contributed by atoms with Crippen LogP contribution in [0.15, 0.2) is 71.2 Å². The van der Waals surface area contributed by atoms with Crippen LogP contribution < -0.4 is 15.5 Å². The molecule has 0 bridgehead atoms. The summed E-state index contributed by atoms with van der Waals surface area (Å²) in [6, 6.07) is 13.8. The standard InChI is InChI=1S/C49H52BrF2N6O10PS/c1-48(2,3)42(54-44(62)39-27-30-26-31(14-20-38(30)70-39)49(51,52)69(66,67)68)47(65)57-24-9-13-37(57)46(64)56(33-17-15-32(50)16-18-33)25-22-41(60)55(4)23-7-5-6-10-29-11-8-12-34-35(29)28-58(45(34)63)36-19-21-40(59)53-43(36)61/h8,11-12,14-18,20,26-27,36-37,42H,5,7,9,13,19,21-25,28H2,1-4H3,(H,54,62)(H,53,59,61)(H2,66,67,68)/t36?,37-,42+/m0/s1. The number of hydrogen-bond acceptors (Lipinski definition) is 9. The number of anilines is 1. The lowest BCUT2D eigenvalue weighted by molar-refractivity contribution is -0.141. The maximum absolute atomic E-state index is 14.6. The first-order chi connectivity index (χ1) is 33.0. The number of benzene rings is 3. The summed E-state index contributed by atoms with van der Waals surface area (Å²) in [7, 11) is -4.17. The maximum Gasteiger partial charge on any atom is 0.399 e. The van der Waals surface area contributed by atoms with Gasteiger partial charge in [-0.3, -0.25) is 43.4 Å². The van der Waals surface area contributed by atoms with Crippen LogP contribution in [0.25, 0.3) is 10.1 Å². The highest BCUT2D eigenvalue weighted by molar-refractivity contribution is 9.10. The SMILES string of the molecule is CN(CCCC#Cc1cccc2c1CN(C1CCC(=O)NC1=O)C2=O)C(=O)CCN(C(=O)[C@@H]1CCCN1C(=O)[C@@H](NC(=O)c1cc2cc(C(F)(F)P(=O)(O)O)ccc2s1)C(C)(C)C)c1ccc(Br)cc1. The van der Waals surface area contributed by atoms with E-state index in [9.17, 15) is 56.7 Å². The smallest absolute Gasteiger partial charge is 0.346 e. The van der Waals surface area contributed by atoms with Gasteiger partial charge >= 0.3 is 13.3 Å². The largest absolute Gasteiger partial charge is 0.399 e. The van der Waals surface area contributed by atoms with Crippen molar-refractivity contribution < 1.29 is 56.7 Å². The van der Waals surface area contributed by atoms with Crippen LogP contribution in [0, 0.1) is 17.3 Å². The molecule has 1 unspecified atom stereocenters. The van der Waals surface area contributed by atoms with Gasteiger partial charge in [0.2, 0.25) is 29.5 Å². The van der Waals surface area contributed by atoms with Gasteiger partial charge in [-0.05, 0) is 96.6 Å². The quantitative estimate of drug-likeness (QED) is 0.0466. The molecule has 370 valence electrons. The highest BCUT2D eigenvalue weighted by atomic mass is 79.9. The highest BCUT2D eigenvalue weighted by Crippen LogP contribution is 2.59. The summed E-state index contributed by atoms with van der Waals surface area (Å²) in [6.45, 7) is 6.06. The second kappa shape index (κ2) is 20.9. The van der Waals surface area contributed by atoms with Gasteiger partial charge in [-0.15, -0.1) is 11.3 Å². The molecule has 2 fully saturated rings. The fourth-order valence-corrected chi connectivity index (χ4v) is 10.5. The number of fused-ring (bicyclic) bond motifs is 2. The lowest BCUT2D eigenvalue weighted by Crippen LogP contribution is -2.58. The van der Waals surface area contributed by atoms with Crippen LogP contribution in [0.4, 0.5) is 14.5 Å². The van der Waals surface area contributed by atoms with Crippen molar-refractivity contribution in [2.24, 2.45) is 5.41 Å². The minimum atomic E-state index is -5.83. The van der Waals surface area contributed by atoms with Crippen molar-refractivity contribution in [2.75, 3.05) is 31.6 Å². The molecule has 3 aromatic carbocycles. The first kappa shape index (κ1) is 52.0. The summed E-state index contributed by atoms with van der Waals surface area (Å²) in [5.74, 6) is 3.34. The number of nitrogens with one attached hydrogen (secondary N) is 2. The van der Waals surface area contributed by atoms with E-state index in [1.165, 1.54) is 26.8 Å². The van der Waals surface area contributed by atoms with Crippen molar-refractivity contribution in [3.05, 3.63) is 98.3 Å². The molecule has 1 aromatic heterocycles. The number of likely N-dealkylation sites (tertiary alicyclic amines) is 1. The van der Waals surface area contributed by atoms with Crippen LogP contribution in [0.3, 0.4) is 0 Å². The summed E-state index contributed by atoms with van der Waals surface area (Å²) in [4.78, 5) is 118. The minimum Gasteiger partial charge on any atom is -0.346 e. The number of hydrogen-bond donors (Lipinski definition) is 4. The van der Waals surface area contributed by atoms with Crippen LogP contribution in [0.1, 0.15) is 102 Å². The Morgan fingerprint density at radius 1 is 1.01 bits per heavy atom. The van der Waals surface area contributed by atoms with Crippen molar-refractivity contribution in [2.45, 2.75) is 96.1 Å². The highest BCUT2D eigenvalue weighted by Gasteiger charge is 2.50. The molecule has 16 nitrogen and oxygen atoms in total. The number of alkyl halides is 2. The first-order valence-corrected chi connectivity index (χ1v) is 25.8. The average molecular weight is 1070 g/mol. The number of carbonyl (C=O) groups is 7. The van der Waals surface area contributed by atoms with Gasteiger partial charge in [0.05, 0.1) is 4.88 Å². The number of carbonyl (C=O) groups excluding carboxylic acids is 7. The lowest BCUT2D eigenvalue weighted by atomic mass is 9.85. The van der Waals surface area contributed by atoms with Crippen molar-refractivity contribution in [1.82, 2.24) is 25.3 Å². The van der Waals surface area contributed by atoms with Crippen LogP contribution in [-0.4, -0.2) is 111 Å². The molecule has 0 radical (unpaired) electrons. The number of nitrogens with zero attached hydrogens (tertiary/aromatic N) is 4. The van der Waals surface area contributed by atoms with Crippen LogP contribution in [0.5, 0.6) is 0 Å². The third kappa shape index (κ3) is 11.2. The lowest BCUT2D eigenvalue weighted by Gasteiger charge is -2.36. The molecule has 2 saturated heterocycles. The monoisotopic (exact) mass is 1060 g/mol. The molecular formula is C49H52BrF2N6O10PS. The van der Waals surface area contributed by atoms with Gasteiger partial charge < -0.3 is 34.7 Å². The van der Waals surface area contributed by atoms with Crippen LogP contribution >= 0.6 is 34.9 Å². The molecular weight excluding hydrogens is 1010 g/mol. The fourth-order valence-electron chi connectivity index (χ4n) is 8.77. The Bertz CT molecular complexity index is 2870. The van der Waals surface area contributed by atoms with Gasteiger partial charge in [0.1, 0.15) is 18.1 Å². The van der Waals surface area contributed by atoms with E-state index in [0.29, 0.717) is 53.7 Å². The Balaban J connectivity index is 0.980. The van der Waals surface area contributed by atoms with Crippen LogP contribution in [0.2, 0.25) is 0 Å². The van der Waals surface area contributed by atoms with E-state index in [4.69, 9.17) is 0 Å². The number of imide groups is 1. The van der Waals surface area contributed by atoms with E-state index in [0.717, 1.165) is 33.5 Å². The number of thiophene rings is 1. The van der Waals surface area contributed by atoms with Crippen molar-refractivity contribution in [1.29, 1.82) is 0 Å². The molecule has 0 saturated carbocycles. The summed E-state index contributed by atoms with van der Waals surface area (Å²) < 4.78 is 41.7. The third-order valence-corrected chi connectivity index (χ3v) is 15.3. The number of piperidine rings is 1. The maximum atomic E-state index is 14.6. The van der Waals surface area contributed by atoms with Gasteiger partial charge in [-0.1, -0.05) is 60.7 Å². The molecule has 3 aliphatic heterocycles. The Kier molecular flexibility index (Phi) is 15.5. The van der Waals surface area contributed by atoms with E-state index in [1.54, 1.807) is 69.1 Å². The fraction of sp³-hybridized carbons (Fsp3) is 0.408. The second-order valence-electron chi connectivity index (χ2n) is 18.6. The number of unbranched alkanes of at least 4 members (excludes halogenated alkanes) is 1. The summed E-state index contributed by atoms with van der Waals surface area (Å²) in [6.07, 6.45) is 2.17. The predicted molar refractivity (Wildman–Crippen MR) is 261 cm³/mol. The molecule has 0 spiro atoms. The van der Waals surface area contributed by atoms with Gasteiger partial charge in [0, 0.05) is 84.0 Å². The van der Waals surface area contributed by atoms with Crippen molar-refractivity contribution in [3.8, 4) is 11.8 Å². The zero-order valence-electron chi connectivity index (χ0n) is 38.8. The van der Waals surface area contributed by atoms with E-state index >= 15 is 0 Å². The molecule has 3 atom stereocenters. The molecule has 4 N–H and O–H groups in total. The van der Waals surface area contributed by atoms with Gasteiger partial charge in [-0.25, -0.2) is 0 Å². The second-order valence-corrected chi connectivity index (χ2v) is 22.2. The molecule has 4 aromatic rings. The Morgan fingerprint density at radius 2 is 1.74 bits per heavy atom. The molecule has 7 rings (SSSR count). The van der Waals surface area contributed by atoms with Gasteiger partial charge in [-0.2, -0.15) is 8.78 Å². The zero-order chi connectivity index (χ0) is 50.9. The van der Waals surface area contributed by atoms with Gasteiger partial charge in [0.15, 0.2) is 0 Å². The zero-order valence-corrected chi connectivity index (χ0v) is 42.1. The Hall–Kier alpha value is -5.84. The normalized spacial score (nSPS) is 17.7. The Morgan fingerprint density at radius 3 is 2.43 bits per heavy atom. The van der Waals surface area contributed by atoms with E-state index < -0.39 is 66.0 Å². The molecule has 3 aliphatic rings. The minimum absolute atomic E-state index is 0.00281. The molecule has 7 amide bonds. The number of rotatable bonds is 14. The predicted octanol–water partition coefficient (Wildman–Crippen LogP) is 6.50. The number of amides is 7. The van der Waals surface area contributed by atoms with Crippen molar-refractivity contribution in [3.63, 3.8) is 0 Å². The Labute approximate surface area is 415 Å². The summed E-state index contributed by atoms with van der Waals surface area (Å²) in [5, 5.41) is 5.27. The first-order valence-electron chi connectivity index (χ1n) is 22.6. The summed E-state index contributed by atoms with van der Waals surface area (Å²) >= 11 is 4.39. The van der Waals surface area contributed by atoms with Gasteiger partial charge in [0.25, 0.3) is 11.8 Å². The third-order valence-electron chi connectivity index (χ3n) is 12.6.